The Kier molecular flexibility index (Phi) is 4.90. The van der Waals surface area contributed by atoms with Crippen LogP contribution in [0, 0.1) is 5.92 Å². The van der Waals surface area contributed by atoms with Crippen LogP contribution in [0.2, 0.25) is 0 Å². The van der Waals surface area contributed by atoms with Crippen molar-refractivity contribution < 1.29 is 8.42 Å². The highest BCUT2D eigenvalue weighted by Crippen LogP contribution is 2.23. The van der Waals surface area contributed by atoms with Crippen molar-refractivity contribution in [1.82, 2.24) is 9.78 Å². The van der Waals surface area contributed by atoms with E-state index in [0.29, 0.717) is 17.3 Å². The van der Waals surface area contributed by atoms with Crippen LogP contribution < -0.4 is 4.72 Å². The lowest BCUT2D eigenvalue weighted by molar-refractivity contribution is 0.601. The summed E-state index contributed by atoms with van der Waals surface area (Å²) in [6.45, 7) is 4.27. The lowest BCUT2D eigenvalue weighted by atomic mass is 10.0. The molecular formula is C19H21N3O2S. The van der Waals surface area contributed by atoms with Gasteiger partial charge in [-0.2, -0.15) is 5.10 Å². The Balaban J connectivity index is 1.88. The predicted octanol–water partition coefficient (Wildman–Crippen LogP) is 3.87. The summed E-state index contributed by atoms with van der Waals surface area (Å²) in [4.78, 5) is 0.246. The Morgan fingerprint density at radius 2 is 1.76 bits per heavy atom. The van der Waals surface area contributed by atoms with Gasteiger partial charge >= 0.3 is 0 Å². The first-order valence-corrected chi connectivity index (χ1v) is 9.65. The number of nitrogens with zero attached hydrogens (tertiary/aromatic N) is 2. The number of para-hydroxylation sites is 2. The maximum atomic E-state index is 12.7. The van der Waals surface area contributed by atoms with Gasteiger partial charge in [0.25, 0.3) is 10.0 Å². The van der Waals surface area contributed by atoms with Crippen LogP contribution >= 0.6 is 0 Å². The number of hydrogen-bond donors (Lipinski definition) is 1. The van der Waals surface area contributed by atoms with E-state index in [2.05, 4.69) is 23.7 Å². The number of aromatic nitrogens is 2. The Morgan fingerprint density at radius 1 is 1.04 bits per heavy atom. The number of sulfonamides is 1. The number of benzene rings is 2. The van der Waals surface area contributed by atoms with Gasteiger partial charge in [-0.1, -0.05) is 38.1 Å². The van der Waals surface area contributed by atoms with Crippen LogP contribution in [0.4, 0.5) is 5.69 Å². The summed E-state index contributed by atoms with van der Waals surface area (Å²) in [6.07, 6.45) is 4.35. The minimum absolute atomic E-state index is 0.246. The van der Waals surface area contributed by atoms with Crippen molar-refractivity contribution in [3.63, 3.8) is 0 Å². The second-order valence-corrected chi connectivity index (χ2v) is 8.00. The van der Waals surface area contributed by atoms with Gasteiger partial charge in [-0.3, -0.25) is 4.72 Å². The molecular weight excluding hydrogens is 334 g/mol. The highest BCUT2D eigenvalue weighted by Gasteiger charge is 2.16. The first kappa shape index (κ1) is 17.2. The molecule has 0 radical (unpaired) electrons. The van der Waals surface area contributed by atoms with Crippen LogP contribution in [0.1, 0.15) is 19.4 Å². The maximum absolute atomic E-state index is 12.7. The number of anilines is 1. The van der Waals surface area contributed by atoms with E-state index in [1.807, 2.05) is 24.3 Å². The zero-order chi connectivity index (χ0) is 17.9. The molecule has 1 N–H and O–H groups in total. The molecule has 0 aliphatic heterocycles. The van der Waals surface area contributed by atoms with E-state index in [1.165, 1.54) is 0 Å². The smallest absolute Gasteiger partial charge is 0.261 e. The van der Waals surface area contributed by atoms with Gasteiger partial charge in [0, 0.05) is 12.4 Å². The summed E-state index contributed by atoms with van der Waals surface area (Å²) in [5.41, 5.74) is 2.29. The molecule has 0 saturated heterocycles. The molecule has 0 bridgehead atoms. The van der Waals surface area contributed by atoms with Crippen molar-refractivity contribution in [3.8, 4) is 5.69 Å². The van der Waals surface area contributed by atoms with Gasteiger partial charge in [0.2, 0.25) is 0 Å². The molecule has 2 aromatic carbocycles. The summed E-state index contributed by atoms with van der Waals surface area (Å²) < 4.78 is 29.7. The van der Waals surface area contributed by atoms with Crippen LogP contribution in [-0.4, -0.2) is 18.2 Å². The van der Waals surface area contributed by atoms with E-state index in [4.69, 9.17) is 0 Å². The van der Waals surface area contributed by atoms with Gasteiger partial charge in [0.15, 0.2) is 0 Å². The quantitative estimate of drug-likeness (QED) is 0.730. The van der Waals surface area contributed by atoms with Crippen LogP contribution in [-0.2, 0) is 16.4 Å². The lowest BCUT2D eigenvalue weighted by Gasteiger charge is -2.13. The molecule has 0 aliphatic carbocycles. The van der Waals surface area contributed by atoms with E-state index >= 15 is 0 Å². The van der Waals surface area contributed by atoms with Gasteiger partial charge in [0.05, 0.1) is 16.3 Å². The Hall–Kier alpha value is -2.60. The van der Waals surface area contributed by atoms with E-state index in [-0.39, 0.29) is 4.90 Å². The highest BCUT2D eigenvalue weighted by molar-refractivity contribution is 7.92. The molecule has 130 valence electrons. The third-order valence-corrected chi connectivity index (χ3v) is 5.16. The molecule has 3 aromatic rings. The van der Waals surface area contributed by atoms with E-state index < -0.39 is 10.0 Å². The summed E-state index contributed by atoms with van der Waals surface area (Å²) >= 11 is 0. The summed E-state index contributed by atoms with van der Waals surface area (Å²) in [7, 11) is -3.66. The molecule has 0 fully saturated rings. The monoisotopic (exact) mass is 355 g/mol. The van der Waals surface area contributed by atoms with Gasteiger partial charge < -0.3 is 0 Å². The lowest BCUT2D eigenvalue weighted by Crippen LogP contribution is -2.15. The highest BCUT2D eigenvalue weighted by atomic mass is 32.2. The third kappa shape index (κ3) is 4.09. The summed E-state index contributed by atoms with van der Waals surface area (Å²) in [5, 5.41) is 4.17. The van der Waals surface area contributed by atoms with E-state index in [9.17, 15) is 8.42 Å². The van der Waals surface area contributed by atoms with Crippen molar-refractivity contribution in [3.05, 3.63) is 72.6 Å². The zero-order valence-electron chi connectivity index (χ0n) is 14.3. The van der Waals surface area contributed by atoms with Crippen molar-refractivity contribution in [1.29, 1.82) is 0 Å². The maximum Gasteiger partial charge on any atom is 0.261 e. The van der Waals surface area contributed by atoms with Gasteiger partial charge in [-0.05, 0) is 48.2 Å². The average Bonchev–Trinajstić information content (AvgIpc) is 3.09. The molecule has 1 heterocycles. The van der Waals surface area contributed by atoms with Gasteiger partial charge in [-0.25, -0.2) is 13.1 Å². The minimum Gasteiger partial charge on any atom is -0.277 e. The Morgan fingerprint density at radius 3 is 2.40 bits per heavy atom. The largest absolute Gasteiger partial charge is 0.277 e. The van der Waals surface area contributed by atoms with Crippen LogP contribution in [0.3, 0.4) is 0 Å². The Bertz CT molecular complexity index is 931. The first-order valence-electron chi connectivity index (χ1n) is 8.16. The van der Waals surface area contributed by atoms with E-state index in [1.54, 1.807) is 47.4 Å². The predicted molar refractivity (Wildman–Crippen MR) is 99.4 cm³/mol. The number of rotatable bonds is 6. The third-order valence-electron chi connectivity index (χ3n) is 3.78. The molecule has 0 unspecified atom stereocenters. The van der Waals surface area contributed by atoms with Gasteiger partial charge in [0.1, 0.15) is 0 Å². The molecule has 6 heteroatoms. The van der Waals surface area contributed by atoms with Crippen LogP contribution in [0.15, 0.2) is 71.9 Å². The first-order chi connectivity index (χ1) is 12.0. The standard InChI is InChI=1S/C19H21N3O2S/c1-15(2)14-16-8-10-17(11-9-16)25(23,24)21-18-6-3-4-7-19(18)22-13-5-12-20-22/h3-13,15,21H,14H2,1-2H3. The van der Waals surface area contributed by atoms with Crippen molar-refractivity contribution >= 4 is 15.7 Å². The normalized spacial score (nSPS) is 11.6. The molecule has 1 aromatic heterocycles. The topological polar surface area (TPSA) is 64.0 Å². The fourth-order valence-corrected chi connectivity index (χ4v) is 3.73. The fourth-order valence-electron chi connectivity index (χ4n) is 2.65. The second kappa shape index (κ2) is 7.11. The molecule has 25 heavy (non-hydrogen) atoms. The molecule has 0 saturated carbocycles. The Labute approximate surface area is 148 Å². The molecule has 0 aliphatic rings. The number of nitrogens with one attached hydrogen (secondary N) is 1. The van der Waals surface area contributed by atoms with Crippen LogP contribution in [0.5, 0.6) is 0 Å². The SMILES string of the molecule is CC(C)Cc1ccc(S(=O)(=O)Nc2ccccc2-n2cccn2)cc1. The van der Waals surface area contributed by atoms with Crippen LogP contribution in [0.25, 0.3) is 5.69 Å². The molecule has 5 nitrogen and oxygen atoms in total. The zero-order valence-corrected chi connectivity index (χ0v) is 15.1. The van der Waals surface area contributed by atoms with Crippen molar-refractivity contribution in [2.24, 2.45) is 5.92 Å². The molecule has 0 spiro atoms. The number of hydrogen-bond acceptors (Lipinski definition) is 3. The fraction of sp³-hybridized carbons (Fsp3) is 0.211. The van der Waals surface area contributed by atoms with Crippen molar-refractivity contribution in [2.75, 3.05) is 4.72 Å². The summed E-state index contributed by atoms with van der Waals surface area (Å²) in [5.74, 6) is 0.529. The van der Waals surface area contributed by atoms with Gasteiger partial charge in [-0.15, -0.1) is 0 Å². The van der Waals surface area contributed by atoms with E-state index in [0.717, 1.165) is 12.0 Å². The molecule has 0 amide bonds. The molecule has 0 atom stereocenters. The second-order valence-electron chi connectivity index (χ2n) is 6.32. The minimum atomic E-state index is -3.66. The van der Waals surface area contributed by atoms with Crippen molar-refractivity contribution in [2.45, 2.75) is 25.2 Å². The molecule has 3 rings (SSSR count). The summed E-state index contributed by atoms with van der Waals surface area (Å²) in [6, 6.07) is 16.0. The average molecular weight is 355 g/mol.